The topological polar surface area (TPSA) is 61.6 Å². The number of ether oxygens (including phenoxy) is 2. The van der Waals surface area contributed by atoms with Gasteiger partial charge in [-0.3, -0.25) is 0 Å². The Morgan fingerprint density at radius 3 is 2.58 bits per heavy atom. The number of carbonyl (C=O) groups excluding carboxylic acids is 1. The van der Waals surface area contributed by atoms with Gasteiger partial charge in [-0.15, -0.1) is 0 Å². The molecule has 1 fully saturated rings. The minimum atomic E-state index is -0.491. The largest absolute Gasteiger partial charge is 0.463 e. The summed E-state index contributed by atoms with van der Waals surface area (Å²) in [6.07, 6.45) is 0.811. The molecule has 2 unspecified atom stereocenters. The fourth-order valence-electron chi connectivity index (χ4n) is 2.21. The molecule has 0 spiro atoms. The Morgan fingerprint density at radius 2 is 2.11 bits per heavy atom. The fourth-order valence-corrected chi connectivity index (χ4v) is 2.21. The van der Waals surface area contributed by atoms with Gasteiger partial charge in [0.1, 0.15) is 6.10 Å². The van der Waals surface area contributed by atoms with Crippen molar-refractivity contribution in [3.63, 3.8) is 0 Å². The molecule has 0 saturated carbocycles. The molecule has 0 N–H and O–H groups in total. The Morgan fingerprint density at radius 1 is 1.42 bits per heavy atom. The van der Waals surface area contributed by atoms with Crippen LogP contribution in [0.15, 0.2) is 4.42 Å². The average Bonchev–Trinajstić information content (AvgIpc) is 2.92. The number of esters is 1. The van der Waals surface area contributed by atoms with Crippen LogP contribution in [0, 0.1) is 5.92 Å². The molecule has 2 atom stereocenters. The third kappa shape index (κ3) is 2.66. The van der Waals surface area contributed by atoms with E-state index in [2.05, 4.69) is 11.9 Å². The van der Waals surface area contributed by atoms with Gasteiger partial charge < -0.3 is 13.9 Å². The van der Waals surface area contributed by atoms with Crippen LogP contribution in [-0.4, -0.2) is 24.7 Å². The van der Waals surface area contributed by atoms with Gasteiger partial charge in [0.15, 0.2) is 0 Å². The predicted octanol–water partition coefficient (Wildman–Crippen LogP) is 2.86. The lowest BCUT2D eigenvalue weighted by atomic mass is 9.91. The maximum absolute atomic E-state index is 11.8. The van der Waals surface area contributed by atoms with Crippen molar-refractivity contribution in [2.45, 2.75) is 45.6 Å². The number of carbonyl (C=O) groups is 1. The number of oxazole rings is 1. The average molecular weight is 267 g/mol. The third-order valence-corrected chi connectivity index (χ3v) is 3.36. The molecule has 1 aliphatic rings. The molecular formula is C14H21NO4. The van der Waals surface area contributed by atoms with Crippen LogP contribution < -0.4 is 0 Å². The van der Waals surface area contributed by atoms with Crippen molar-refractivity contribution >= 4 is 5.97 Å². The first-order chi connectivity index (χ1) is 8.84. The maximum Gasteiger partial charge on any atom is 0.376 e. The van der Waals surface area contributed by atoms with Crippen LogP contribution >= 0.6 is 0 Å². The van der Waals surface area contributed by atoms with Crippen molar-refractivity contribution in [3.05, 3.63) is 17.3 Å². The number of hydrogen-bond donors (Lipinski definition) is 0. The van der Waals surface area contributed by atoms with Crippen molar-refractivity contribution in [1.29, 1.82) is 0 Å². The summed E-state index contributed by atoms with van der Waals surface area (Å²) in [7, 11) is 1.34. The van der Waals surface area contributed by atoms with E-state index >= 15 is 0 Å². The second kappa shape index (κ2) is 4.96. The van der Waals surface area contributed by atoms with Crippen molar-refractivity contribution < 1.29 is 18.7 Å². The molecule has 0 amide bonds. The van der Waals surface area contributed by atoms with Gasteiger partial charge in [-0.2, -0.15) is 0 Å². The Labute approximate surface area is 113 Å². The highest BCUT2D eigenvalue weighted by molar-refractivity contribution is 5.87. The Kier molecular flexibility index (Phi) is 3.67. The zero-order valence-electron chi connectivity index (χ0n) is 12.1. The number of nitrogens with zero attached hydrogens (tertiary/aromatic N) is 1. The van der Waals surface area contributed by atoms with Crippen LogP contribution in [0.1, 0.15) is 62.4 Å². The Balaban J connectivity index is 2.42. The fraction of sp³-hybridized carbons (Fsp3) is 0.714. The van der Waals surface area contributed by atoms with Gasteiger partial charge in [0.05, 0.1) is 12.8 Å². The lowest BCUT2D eigenvalue weighted by molar-refractivity contribution is 0.0520. The van der Waals surface area contributed by atoms with Gasteiger partial charge >= 0.3 is 5.97 Å². The molecule has 1 saturated heterocycles. The maximum atomic E-state index is 11.8. The quantitative estimate of drug-likeness (QED) is 0.771. The van der Waals surface area contributed by atoms with E-state index in [0.29, 0.717) is 24.1 Å². The summed E-state index contributed by atoms with van der Waals surface area (Å²) in [5.41, 5.74) is 0.338. The van der Waals surface area contributed by atoms with Gasteiger partial charge in [0, 0.05) is 12.0 Å². The highest BCUT2D eigenvalue weighted by atomic mass is 16.5. The molecule has 5 heteroatoms. The SMILES string of the molecule is COC(=O)c1oc(C2OCCC2C)nc1C(C)(C)C. The van der Waals surface area contributed by atoms with Crippen molar-refractivity contribution in [2.75, 3.05) is 13.7 Å². The number of aromatic nitrogens is 1. The van der Waals surface area contributed by atoms with Crippen LogP contribution in [0.5, 0.6) is 0 Å². The zero-order valence-corrected chi connectivity index (χ0v) is 12.1. The molecule has 106 valence electrons. The van der Waals surface area contributed by atoms with E-state index in [1.807, 2.05) is 20.8 Å². The molecule has 1 aliphatic heterocycles. The van der Waals surface area contributed by atoms with Crippen LogP contribution in [0.4, 0.5) is 0 Å². The smallest absolute Gasteiger partial charge is 0.376 e. The van der Waals surface area contributed by atoms with Crippen LogP contribution in [-0.2, 0) is 14.9 Å². The lowest BCUT2D eigenvalue weighted by Gasteiger charge is -2.15. The summed E-state index contributed by atoms with van der Waals surface area (Å²) in [6, 6.07) is 0. The molecule has 0 bridgehead atoms. The Hall–Kier alpha value is -1.36. The molecular weight excluding hydrogens is 246 g/mol. The van der Waals surface area contributed by atoms with E-state index < -0.39 is 5.97 Å². The van der Waals surface area contributed by atoms with Gasteiger partial charge in [-0.05, 0) is 12.3 Å². The van der Waals surface area contributed by atoms with E-state index in [1.165, 1.54) is 7.11 Å². The van der Waals surface area contributed by atoms with Crippen LogP contribution in [0.2, 0.25) is 0 Å². The van der Waals surface area contributed by atoms with Crippen molar-refractivity contribution in [1.82, 2.24) is 4.98 Å². The van der Waals surface area contributed by atoms with Crippen molar-refractivity contribution in [3.8, 4) is 0 Å². The minimum absolute atomic E-state index is 0.167. The molecule has 5 nitrogen and oxygen atoms in total. The number of methoxy groups -OCH3 is 1. The Bertz CT molecular complexity index is 472. The van der Waals surface area contributed by atoms with E-state index in [1.54, 1.807) is 0 Å². The van der Waals surface area contributed by atoms with Crippen LogP contribution in [0.3, 0.4) is 0 Å². The first-order valence-corrected chi connectivity index (χ1v) is 6.55. The predicted molar refractivity (Wildman–Crippen MR) is 69.0 cm³/mol. The second-order valence-electron chi connectivity index (χ2n) is 6.03. The van der Waals surface area contributed by atoms with E-state index in [9.17, 15) is 4.79 Å². The van der Waals surface area contributed by atoms with E-state index in [4.69, 9.17) is 13.9 Å². The van der Waals surface area contributed by atoms with Crippen LogP contribution in [0.25, 0.3) is 0 Å². The summed E-state index contributed by atoms with van der Waals surface area (Å²) in [6.45, 7) is 8.75. The molecule has 2 rings (SSSR count). The summed E-state index contributed by atoms with van der Waals surface area (Å²) < 4.78 is 16.0. The zero-order chi connectivity index (χ0) is 14.2. The second-order valence-corrected chi connectivity index (χ2v) is 6.03. The van der Waals surface area contributed by atoms with Gasteiger partial charge in [0.25, 0.3) is 0 Å². The molecule has 2 heterocycles. The molecule has 1 aromatic heterocycles. The van der Waals surface area contributed by atoms with E-state index in [-0.39, 0.29) is 17.3 Å². The minimum Gasteiger partial charge on any atom is -0.463 e. The molecule has 0 aromatic carbocycles. The van der Waals surface area contributed by atoms with E-state index in [0.717, 1.165) is 6.42 Å². The third-order valence-electron chi connectivity index (χ3n) is 3.36. The molecule has 1 aromatic rings. The normalized spacial score (nSPS) is 23.6. The summed E-state index contributed by atoms with van der Waals surface area (Å²) in [5.74, 6) is 0.523. The van der Waals surface area contributed by atoms with Gasteiger partial charge in [-0.25, -0.2) is 9.78 Å². The summed E-state index contributed by atoms with van der Waals surface area (Å²) in [4.78, 5) is 16.3. The highest BCUT2D eigenvalue weighted by Crippen LogP contribution is 2.36. The summed E-state index contributed by atoms with van der Waals surface area (Å²) >= 11 is 0. The molecule has 0 aliphatic carbocycles. The summed E-state index contributed by atoms with van der Waals surface area (Å²) in [5, 5.41) is 0. The molecule has 0 radical (unpaired) electrons. The van der Waals surface area contributed by atoms with Gasteiger partial charge in [-0.1, -0.05) is 27.7 Å². The van der Waals surface area contributed by atoms with Crippen molar-refractivity contribution in [2.24, 2.45) is 5.92 Å². The number of hydrogen-bond acceptors (Lipinski definition) is 5. The first-order valence-electron chi connectivity index (χ1n) is 6.55. The monoisotopic (exact) mass is 267 g/mol. The van der Waals surface area contributed by atoms with Gasteiger partial charge in [0.2, 0.25) is 11.7 Å². The first kappa shape index (κ1) is 14.1. The highest BCUT2D eigenvalue weighted by Gasteiger charge is 2.35. The lowest BCUT2D eigenvalue weighted by Crippen LogP contribution is -2.17. The number of rotatable bonds is 2. The standard InChI is InChI=1S/C14H21NO4/c1-8-6-7-18-9(8)12-15-11(14(2,3)4)10(19-12)13(16)17-5/h8-9H,6-7H2,1-5H3. The molecule has 19 heavy (non-hydrogen) atoms.